The quantitative estimate of drug-likeness (QED) is 0.889. The molecule has 0 aromatic carbocycles. The fourth-order valence-electron chi connectivity index (χ4n) is 3.54. The van der Waals surface area contributed by atoms with E-state index in [1.54, 1.807) is 6.92 Å². The van der Waals surface area contributed by atoms with Crippen LogP contribution in [0.3, 0.4) is 0 Å². The molecule has 1 aliphatic rings. The van der Waals surface area contributed by atoms with Gasteiger partial charge in [-0.05, 0) is 37.3 Å². The van der Waals surface area contributed by atoms with Gasteiger partial charge in [-0.25, -0.2) is 0 Å². The molecule has 0 aliphatic heterocycles. The van der Waals surface area contributed by atoms with Crippen molar-refractivity contribution in [3.63, 3.8) is 0 Å². The number of nitrogens with zero attached hydrogens (tertiary/aromatic N) is 3. The number of hydrogen-bond acceptors (Lipinski definition) is 4. The molecular formula is C17H24N4O2. The van der Waals surface area contributed by atoms with Gasteiger partial charge >= 0.3 is 0 Å². The van der Waals surface area contributed by atoms with Crippen molar-refractivity contribution in [1.29, 1.82) is 0 Å². The number of hydrogen-bond donors (Lipinski definition) is 1. The zero-order valence-corrected chi connectivity index (χ0v) is 13.6. The standard InChI is InChI=1S/C17H24N4O2/c1-14-19-16(23-20-14)12-18-15(22)11-17(7-3-2-4-8-17)13-21-9-5-6-10-21/h5-6,9-10H,2-4,7-8,11-13H2,1H3,(H,18,22). The van der Waals surface area contributed by atoms with E-state index < -0.39 is 0 Å². The number of aryl methyl sites for hydroxylation is 1. The van der Waals surface area contributed by atoms with Gasteiger partial charge in [-0.2, -0.15) is 4.98 Å². The molecule has 6 heteroatoms. The second-order valence-electron chi connectivity index (χ2n) is 6.60. The number of aromatic nitrogens is 3. The van der Waals surface area contributed by atoms with E-state index in [1.165, 1.54) is 19.3 Å². The lowest BCUT2D eigenvalue weighted by atomic mass is 9.71. The summed E-state index contributed by atoms with van der Waals surface area (Å²) in [5, 5.41) is 6.65. The Balaban J connectivity index is 1.59. The maximum atomic E-state index is 12.4. The van der Waals surface area contributed by atoms with E-state index in [0.29, 0.717) is 24.7 Å². The SMILES string of the molecule is Cc1noc(CNC(=O)CC2(Cn3cccc3)CCCCC2)n1. The minimum absolute atomic E-state index is 0.0616. The average Bonchev–Trinajstić information content (AvgIpc) is 3.17. The molecule has 2 aromatic rings. The minimum Gasteiger partial charge on any atom is -0.354 e. The summed E-state index contributed by atoms with van der Waals surface area (Å²) < 4.78 is 7.23. The molecule has 2 heterocycles. The zero-order chi connectivity index (χ0) is 16.1. The Labute approximate surface area is 136 Å². The average molecular weight is 316 g/mol. The first-order valence-electron chi connectivity index (χ1n) is 8.32. The molecule has 0 radical (unpaired) electrons. The van der Waals surface area contributed by atoms with Crippen LogP contribution in [-0.4, -0.2) is 20.6 Å². The van der Waals surface area contributed by atoms with Gasteiger partial charge < -0.3 is 14.4 Å². The first kappa shape index (κ1) is 15.8. The predicted molar refractivity (Wildman–Crippen MR) is 85.4 cm³/mol. The van der Waals surface area contributed by atoms with Crippen molar-refractivity contribution in [2.45, 2.75) is 58.5 Å². The van der Waals surface area contributed by atoms with Crippen LogP contribution < -0.4 is 5.32 Å². The first-order chi connectivity index (χ1) is 11.2. The lowest BCUT2D eigenvalue weighted by Crippen LogP contribution is -2.36. The summed E-state index contributed by atoms with van der Waals surface area (Å²) in [7, 11) is 0. The van der Waals surface area contributed by atoms with E-state index in [9.17, 15) is 4.79 Å². The number of carbonyl (C=O) groups excluding carboxylic acids is 1. The van der Waals surface area contributed by atoms with Crippen molar-refractivity contribution in [1.82, 2.24) is 20.0 Å². The molecule has 1 aliphatic carbocycles. The number of nitrogens with one attached hydrogen (secondary N) is 1. The van der Waals surface area contributed by atoms with Crippen LogP contribution in [0.1, 0.15) is 50.2 Å². The van der Waals surface area contributed by atoms with Crippen LogP contribution >= 0.6 is 0 Å². The second-order valence-corrected chi connectivity index (χ2v) is 6.60. The molecule has 0 saturated heterocycles. The summed E-state index contributed by atoms with van der Waals surface area (Å²) in [4.78, 5) is 16.5. The molecule has 6 nitrogen and oxygen atoms in total. The molecule has 1 fully saturated rings. The molecular weight excluding hydrogens is 292 g/mol. The highest BCUT2D eigenvalue weighted by molar-refractivity contribution is 5.76. The van der Waals surface area contributed by atoms with Gasteiger partial charge in [0.15, 0.2) is 5.82 Å². The van der Waals surface area contributed by atoms with Crippen molar-refractivity contribution >= 4 is 5.91 Å². The lowest BCUT2D eigenvalue weighted by Gasteiger charge is -2.37. The van der Waals surface area contributed by atoms with E-state index in [4.69, 9.17) is 4.52 Å². The van der Waals surface area contributed by atoms with Gasteiger partial charge in [0, 0.05) is 25.4 Å². The maximum Gasteiger partial charge on any atom is 0.246 e. The van der Waals surface area contributed by atoms with E-state index in [-0.39, 0.29) is 11.3 Å². The molecule has 1 saturated carbocycles. The van der Waals surface area contributed by atoms with Gasteiger partial charge in [0.25, 0.3) is 0 Å². The van der Waals surface area contributed by atoms with Gasteiger partial charge in [0.05, 0.1) is 6.54 Å². The van der Waals surface area contributed by atoms with E-state index >= 15 is 0 Å². The molecule has 124 valence electrons. The van der Waals surface area contributed by atoms with Gasteiger partial charge in [-0.1, -0.05) is 24.4 Å². The summed E-state index contributed by atoms with van der Waals surface area (Å²) in [6, 6.07) is 4.07. The van der Waals surface area contributed by atoms with Crippen molar-refractivity contribution < 1.29 is 9.32 Å². The monoisotopic (exact) mass is 316 g/mol. The molecule has 0 atom stereocenters. The van der Waals surface area contributed by atoms with Gasteiger partial charge in [-0.15, -0.1) is 0 Å². The number of carbonyl (C=O) groups is 1. The van der Waals surface area contributed by atoms with Crippen molar-refractivity contribution in [2.24, 2.45) is 5.41 Å². The molecule has 23 heavy (non-hydrogen) atoms. The largest absolute Gasteiger partial charge is 0.354 e. The Hall–Kier alpha value is -2.11. The van der Waals surface area contributed by atoms with Crippen LogP contribution in [0.15, 0.2) is 29.0 Å². The summed E-state index contributed by atoms with van der Waals surface area (Å²) in [5.41, 5.74) is 0.0616. The first-order valence-corrected chi connectivity index (χ1v) is 8.32. The molecule has 0 unspecified atom stereocenters. The summed E-state index contributed by atoms with van der Waals surface area (Å²) >= 11 is 0. The molecule has 1 N–H and O–H groups in total. The van der Waals surface area contributed by atoms with Crippen LogP contribution in [-0.2, 0) is 17.9 Å². The smallest absolute Gasteiger partial charge is 0.246 e. The van der Waals surface area contributed by atoms with E-state index in [1.807, 2.05) is 12.1 Å². The zero-order valence-electron chi connectivity index (χ0n) is 13.6. The van der Waals surface area contributed by atoms with Crippen LogP contribution in [0.5, 0.6) is 0 Å². The molecule has 2 aromatic heterocycles. The van der Waals surface area contributed by atoms with Crippen LogP contribution in [0.4, 0.5) is 0 Å². The Bertz CT molecular complexity index is 627. The number of rotatable bonds is 6. The van der Waals surface area contributed by atoms with E-state index in [0.717, 1.165) is 19.4 Å². The topological polar surface area (TPSA) is 73.0 Å². The molecule has 0 spiro atoms. The Morgan fingerprint density at radius 1 is 1.30 bits per heavy atom. The summed E-state index contributed by atoms with van der Waals surface area (Å²) in [5.74, 6) is 1.11. The maximum absolute atomic E-state index is 12.4. The highest BCUT2D eigenvalue weighted by atomic mass is 16.5. The normalized spacial score (nSPS) is 17.1. The summed E-state index contributed by atoms with van der Waals surface area (Å²) in [6.07, 6.45) is 10.6. The van der Waals surface area contributed by atoms with Crippen LogP contribution in [0.25, 0.3) is 0 Å². The minimum atomic E-state index is 0.0616. The second kappa shape index (κ2) is 6.98. The van der Waals surface area contributed by atoms with E-state index in [2.05, 4.69) is 32.4 Å². The molecule has 0 bridgehead atoms. The highest BCUT2D eigenvalue weighted by Crippen LogP contribution is 2.40. The van der Waals surface area contributed by atoms with Crippen molar-refractivity contribution in [3.8, 4) is 0 Å². The van der Waals surface area contributed by atoms with Crippen molar-refractivity contribution in [2.75, 3.05) is 0 Å². The Morgan fingerprint density at radius 2 is 2.04 bits per heavy atom. The third kappa shape index (κ3) is 4.21. The fraction of sp³-hybridized carbons (Fsp3) is 0.588. The predicted octanol–water partition coefficient (Wildman–Crippen LogP) is 2.84. The highest BCUT2D eigenvalue weighted by Gasteiger charge is 2.34. The Morgan fingerprint density at radius 3 is 2.70 bits per heavy atom. The van der Waals surface area contributed by atoms with Gasteiger partial charge in [0.2, 0.25) is 11.8 Å². The van der Waals surface area contributed by atoms with Crippen molar-refractivity contribution in [3.05, 3.63) is 36.2 Å². The third-order valence-electron chi connectivity index (χ3n) is 4.64. The van der Waals surface area contributed by atoms with Crippen LogP contribution in [0, 0.1) is 12.3 Å². The Kier molecular flexibility index (Phi) is 4.79. The van der Waals surface area contributed by atoms with Crippen LogP contribution in [0.2, 0.25) is 0 Å². The summed E-state index contributed by atoms with van der Waals surface area (Å²) in [6.45, 7) is 2.98. The third-order valence-corrected chi connectivity index (χ3v) is 4.64. The molecule has 3 rings (SSSR count). The fourth-order valence-corrected chi connectivity index (χ4v) is 3.54. The number of amides is 1. The molecule has 1 amide bonds. The van der Waals surface area contributed by atoms with Gasteiger partial charge in [0.1, 0.15) is 0 Å². The lowest BCUT2D eigenvalue weighted by molar-refractivity contribution is -0.124. The van der Waals surface area contributed by atoms with Gasteiger partial charge in [-0.3, -0.25) is 4.79 Å².